The van der Waals surface area contributed by atoms with E-state index in [1.165, 1.54) is 11.4 Å². The number of benzene rings is 2. The van der Waals surface area contributed by atoms with Crippen LogP contribution in [0.4, 0.5) is 11.4 Å². The molecule has 2 aromatic rings. The highest BCUT2D eigenvalue weighted by molar-refractivity contribution is 7.92. The number of hydrogen-bond acceptors (Lipinski definition) is 4. The first-order valence-electron chi connectivity index (χ1n) is 7.97. The molecule has 0 aliphatic heterocycles. The van der Waals surface area contributed by atoms with Crippen LogP contribution in [0.15, 0.2) is 54.6 Å². The highest BCUT2D eigenvalue weighted by Gasteiger charge is 2.19. The van der Waals surface area contributed by atoms with Crippen molar-refractivity contribution in [2.75, 3.05) is 29.0 Å². The molecule has 0 saturated heterocycles. The van der Waals surface area contributed by atoms with Gasteiger partial charge in [-0.3, -0.25) is 9.10 Å². The van der Waals surface area contributed by atoms with Crippen molar-refractivity contribution in [2.45, 2.75) is 13.3 Å². The minimum absolute atomic E-state index is 0.118. The number of para-hydroxylation sites is 1. The Morgan fingerprint density at radius 2 is 1.72 bits per heavy atom. The summed E-state index contributed by atoms with van der Waals surface area (Å²) >= 11 is 0. The van der Waals surface area contributed by atoms with Crippen LogP contribution in [0.2, 0.25) is 0 Å². The lowest BCUT2D eigenvalue weighted by molar-refractivity contribution is -0.115. The fraction of sp³-hybridized carbons (Fsp3) is 0.278. The van der Waals surface area contributed by atoms with E-state index in [9.17, 15) is 13.2 Å². The Morgan fingerprint density at radius 3 is 2.32 bits per heavy atom. The minimum atomic E-state index is -3.56. The second kappa shape index (κ2) is 8.53. The van der Waals surface area contributed by atoms with Gasteiger partial charge >= 0.3 is 0 Å². The monoisotopic (exact) mass is 362 g/mol. The first-order chi connectivity index (χ1) is 11.9. The number of rotatable bonds is 8. The SMILES string of the molecule is CCOc1ccc(NC(=O)CCS(=O)(=O)N(C)c2ccccc2)cc1. The number of anilines is 2. The highest BCUT2D eigenvalue weighted by Crippen LogP contribution is 2.17. The molecule has 0 radical (unpaired) electrons. The van der Waals surface area contributed by atoms with E-state index in [0.717, 1.165) is 0 Å². The molecule has 0 fully saturated rings. The highest BCUT2D eigenvalue weighted by atomic mass is 32.2. The van der Waals surface area contributed by atoms with Crippen LogP contribution in [0.5, 0.6) is 5.75 Å². The molecule has 0 unspecified atom stereocenters. The molecular weight excluding hydrogens is 340 g/mol. The Kier molecular flexibility index (Phi) is 6.41. The predicted molar refractivity (Wildman–Crippen MR) is 99.5 cm³/mol. The third kappa shape index (κ3) is 5.49. The molecule has 1 N–H and O–H groups in total. The maximum Gasteiger partial charge on any atom is 0.235 e. The number of amides is 1. The topological polar surface area (TPSA) is 75.7 Å². The molecule has 6 nitrogen and oxygen atoms in total. The van der Waals surface area contributed by atoms with Gasteiger partial charge in [-0.2, -0.15) is 0 Å². The summed E-state index contributed by atoms with van der Waals surface area (Å²) < 4.78 is 31.2. The average molecular weight is 362 g/mol. The van der Waals surface area contributed by atoms with E-state index >= 15 is 0 Å². The maximum atomic E-state index is 12.3. The number of ether oxygens (including phenoxy) is 1. The van der Waals surface area contributed by atoms with Crippen LogP contribution in [0.3, 0.4) is 0 Å². The van der Waals surface area contributed by atoms with Gasteiger partial charge in [-0.25, -0.2) is 8.42 Å². The lowest BCUT2D eigenvalue weighted by atomic mass is 10.3. The van der Waals surface area contributed by atoms with Gasteiger partial charge in [-0.1, -0.05) is 18.2 Å². The molecule has 1 amide bonds. The quantitative estimate of drug-likeness (QED) is 0.783. The van der Waals surface area contributed by atoms with Crippen LogP contribution in [0.1, 0.15) is 13.3 Å². The molecule has 134 valence electrons. The molecule has 7 heteroatoms. The molecule has 0 atom stereocenters. The van der Waals surface area contributed by atoms with Gasteiger partial charge in [0.05, 0.1) is 18.0 Å². The number of nitrogens with one attached hydrogen (secondary N) is 1. The van der Waals surface area contributed by atoms with Crippen molar-refractivity contribution >= 4 is 27.3 Å². The molecule has 0 aromatic heterocycles. The van der Waals surface area contributed by atoms with Gasteiger partial charge in [0.15, 0.2) is 0 Å². The van der Waals surface area contributed by atoms with E-state index in [0.29, 0.717) is 23.7 Å². The lowest BCUT2D eigenvalue weighted by Crippen LogP contribution is -2.30. The summed E-state index contributed by atoms with van der Waals surface area (Å²) in [6, 6.07) is 15.7. The fourth-order valence-corrected chi connectivity index (χ4v) is 3.34. The van der Waals surface area contributed by atoms with E-state index in [1.54, 1.807) is 48.5 Å². The van der Waals surface area contributed by atoms with Crippen LogP contribution >= 0.6 is 0 Å². The molecule has 0 saturated carbocycles. The summed E-state index contributed by atoms with van der Waals surface area (Å²) in [4.78, 5) is 12.0. The predicted octanol–water partition coefficient (Wildman–Crippen LogP) is 2.88. The van der Waals surface area contributed by atoms with E-state index in [2.05, 4.69) is 5.32 Å². The first-order valence-corrected chi connectivity index (χ1v) is 9.57. The molecule has 0 spiro atoms. The van der Waals surface area contributed by atoms with Crippen molar-refractivity contribution in [1.29, 1.82) is 0 Å². The van der Waals surface area contributed by atoms with Crippen molar-refractivity contribution in [3.63, 3.8) is 0 Å². The smallest absolute Gasteiger partial charge is 0.235 e. The normalized spacial score (nSPS) is 11.0. The number of carbonyl (C=O) groups is 1. The first kappa shape index (κ1) is 18.8. The van der Waals surface area contributed by atoms with Crippen LogP contribution in [0, 0.1) is 0 Å². The van der Waals surface area contributed by atoms with Crippen molar-refractivity contribution in [2.24, 2.45) is 0 Å². The average Bonchev–Trinajstić information content (AvgIpc) is 2.62. The van der Waals surface area contributed by atoms with Gasteiger partial charge in [0.1, 0.15) is 5.75 Å². The van der Waals surface area contributed by atoms with Gasteiger partial charge in [-0.05, 0) is 43.3 Å². The van der Waals surface area contributed by atoms with Crippen molar-refractivity contribution in [3.8, 4) is 5.75 Å². The van der Waals surface area contributed by atoms with Crippen molar-refractivity contribution in [1.82, 2.24) is 0 Å². The molecule has 0 aliphatic carbocycles. The Hall–Kier alpha value is -2.54. The summed E-state index contributed by atoms with van der Waals surface area (Å²) in [5, 5.41) is 2.69. The van der Waals surface area contributed by atoms with Crippen LogP contribution < -0.4 is 14.4 Å². The minimum Gasteiger partial charge on any atom is -0.494 e. The third-order valence-electron chi connectivity index (χ3n) is 3.57. The number of nitrogens with zero attached hydrogens (tertiary/aromatic N) is 1. The largest absolute Gasteiger partial charge is 0.494 e. The van der Waals surface area contributed by atoms with Gasteiger partial charge in [0.25, 0.3) is 0 Å². The zero-order valence-corrected chi connectivity index (χ0v) is 15.1. The van der Waals surface area contributed by atoms with Gasteiger partial charge in [0.2, 0.25) is 15.9 Å². The summed E-state index contributed by atoms with van der Waals surface area (Å²) in [6.45, 7) is 2.46. The Bertz CT molecular complexity index is 790. The zero-order valence-electron chi connectivity index (χ0n) is 14.3. The fourth-order valence-electron chi connectivity index (χ4n) is 2.18. The lowest BCUT2D eigenvalue weighted by Gasteiger charge is -2.19. The Morgan fingerprint density at radius 1 is 1.08 bits per heavy atom. The number of carbonyl (C=O) groups excluding carboxylic acids is 1. The van der Waals surface area contributed by atoms with Crippen LogP contribution in [0.25, 0.3) is 0 Å². The van der Waals surface area contributed by atoms with Crippen molar-refractivity contribution in [3.05, 3.63) is 54.6 Å². The summed E-state index contributed by atoms with van der Waals surface area (Å²) in [5.41, 5.74) is 1.16. The van der Waals surface area contributed by atoms with Crippen molar-refractivity contribution < 1.29 is 17.9 Å². The summed E-state index contributed by atoms with van der Waals surface area (Å²) in [6.07, 6.45) is -0.118. The molecule has 2 rings (SSSR count). The number of sulfonamides is 1. The molecule has 2 aromatic carbocycles. The van der Waals surface area contributed by atoms with Crippen LogP contribution in [-0.4, -0.2) is 33.7 Å². The standard InChI is InChI=1S/C18H22N2O4S/c1-3-24-17-11-9-15(10-12-17)19-18(21)13-14-25(22,23)20(2)16-7-5-4-6-8-16/h4-12H,3,13-14H2,1-2H3,(H,19,21). The van der Waals surface area contributed by atoms with E-state index in [4.69, 9.17) is 4.74 Å². The third-order valence-corrected chi connectivity index (χ3v) is 5.34. The molecule has 0 heterocycles. The van der Waals surface area contributed by atoms with E-state index in [-0.39, 0.29) is 18.1 Å². The molecule has 0 bridgehead atoms. The second-order valence-electron chi connectivity index (χ2n) is 5.37. The molecule has 0 aliphatic rings. The van der Waals surface area contributed by atoms with Crippen LogP contribution in [-0.2, 0) is 14.8 Å². The summed E-state index contributed by atoms with van der Waals surface area (Å²) in [5.74, 6) is 0.100. The summed E-state index contributed by atoms with van der Waals surface area (Å²) in [7, 11) is -2.08. The maximum absolute atomic E-state index is 12.3. The molecular formula is C18H22N2O4S. The van der Waals surface area contributed by atoms with E-state index < -0.39 is 10.0 Å². The second-order valence-corrected chi connectivity index (χ2v) is 7.49. The van der Waals surface area contributed by atoms with Gasteiger partial charge in [0, 0.05) is 19.2 Å². The molecule has 25 heavy (non-hydrogen) atoms. The van der Waals surface area contributed by atoms with Gasteiger partial charge in [-0.15, -0.1) is 0 Å². The Balaban J connectivity index is 1.90. The zero-order chi connectivity index (χ0) is 18.3. The van der Waals surface area contributed by atoms with E-state index in [1.807, 2.05) is 13.0 Å². The van der Waals surface area contributed by atoms with Gasteiger partial charge < -0.3 is 10.1 Å². The Labute approximate surface area is 148 Å². The number of hydrogen-bond donors (Lipinski definition) is 1.